The van der Waals surface area contributed by atoms with Crippen LogP contribution in [0.5, 0.6) is 5.75 Å². The average molecular weight is 373 g/mol. The summed E-state index contributed by atoms with van der Waals surface area (Å²) in [5.41, 5.74) is 6.48. The van der Waals surface area contributed by atoms with Crippen LogP contribution in [0.15, 0.2) is 23.3 Å². The van der Waals surface area contributed by atoms with Gasteiger partial charge >= 0.3 is 0 Å². The minimum absolute atomic E-state index is 0.0392. The second-order valence-corrected chi connectivity index (χ2v) is 8.74. The number of rotatable bonds is 5. The Morgan fingerprint density at radius 2 is 1.73 bits per heavy atom. The number of aryl methyl sites for hydroxylation is 2. The molecule has 0 fully saturated rings. The van der Waals surface area contributed by atoms with Gasteiger partial charge in [-0.3, -0.25) is 4.79 Å². The standard InChI is InChI=1S/C21H28N2O2S/c1-11(2)16-9-17(12(3)4)20(24)19(10-16)21(25)23-22-14(6)18-8-13(5)26-15(18)7/h8-12,24H,1-7H3,(H,23,25)/b22-14+. The molecule has 0 spiro atoms. The number of aromatic hydroxyl groups is 1. The zero-order valence-electron chi connectivity index (χ0n) is 16.6. The van der Waals surface area contributed by atoms with Gasteiger partial charge in [0, 0.05) is 15.3 Å². The van der Waals surface area contributed by atoms with Gasteiger partial charge in [-0.15, -0.1) is 11.3 Å². The molecule has 2 N–H and O–H groups in total. The number of thiophene rings is 1. The van der Waals surface area contributed by atoms with E-state index in [1.165, 1.54) is 9.75 Å². The van der Waals surface area contributed by atoms with Crippen molar-refractivity contribution in [1.29, 1.82) is 0 Å². The summed E-state index contributed by atoms with van der Waals surface area (Å²) in [5.74, 6) is 0.0383. The second-order valence-electron chi connectivity index (χ2n) is 7.28. The Hall–Kier alpha value is -2.14. The molecule has 0 saturated heterocycles. The van der Waals surface area contributed by atoms with Crippen LogP contribution >= 0.6 is 11.3 Å². The van der Waals surface area contributed by atoms with Crippen LogP contribution in [0.1, 0.15) is 83.3 Å². The van der Waals surface area contributed by atoms with Gasteiger partial charge in [0.1, 0.15) is 5.75 Å². The second kappa shape index (κ2) is 8.04. The van der Waals surface area contributed by atoms with Crippen molar-refractivity contribution in [2.24, 2.45) is 5.10 Å². The summed E-state index contributed by atoms with van der Waals surface area (Å²) in [4.78, 5) is 15.0. The van der Waals surface area contributed by atoms with Crippen LogP contribution in [0, 0.1) is 13.8 Å². The number of amides is 1. The predicted octanol–water partition coefficient (Wildman–Crippen LogP) is 5.47. The third-order valence-corrected chi connectivity index (χ3v) is 5.42. The Bertz CT molecular complexity index is 848. The number of nitrogens with zero attached hydrogens (tertiary/aromatic N) is 1. The van der Waals surface area contributed by atoms with Gasteiger partial charge in [0.25, 0.3) is 5.91 Å². The molecule has 26 heavy (non-hydrogen) atoms. The lowest BCUT2D eigenvalue weighted by Crippen LogP contribution is -2.20. The maximum absolute atomic E-state index is 12.7. The van der Waals surface area contributed by atoms with Crippen molar-refractivity contribution >= 4 is 23.0 Å². The van der Waals surface area contributed by atoms with E-state index in [1.54, 1.807) is 17.4 Å². The lowest BCUT2D eigenvalue weighted by Gasteiger charge is -2.16. The summed E-state index contributed by atoms with van der Waals surface area (Å²) in [5, 5.41) is 14.8. The summed E-state index contributed by atoms with van der Waals surface area (Å²) < 4.78 is 0. The third kappa shape index (κ3) is 4.33. The molecule has 1 heterocycles. The number of nitrogens with one attached hydrogen (secondary N) is 1. The van der Waals surface area contributed by atoms with E-state index in [2.05, 4.69) is 37.4 Å². The van der Waals surface area contributed by atoms with Crippen molar-refractivity contribution in [2.75, 3.05) is 0 Å². The molecule has 1 aromatic carbocycles. The van der Waals surface area contributed by atoms with E-state index >= 15 is 0 Å². The number of benzene rings is 1. The number of carbonyl (C=O) groups excluding carboxylic acids is 1. The quantitative estimate of drug-likeness (QED) is 0.540. The van der Waals surface area contributed by atoms with Crippen molar-refractivity contribution in [3.63, 3.8) is 0 Å². The number of carbonyl (C=O) groups is 1. The van der Waals surface area contributed by atoms with Crippen molar-refractivity contribution < 1.29 is 9.90 Å². The Balaban J connectivity index is 2.34. The van der Waals surface area contributed by atoms with Crippen molar-refractivity contribution in [2.45, 2.75) is 60.3 Å². The number of phenols is 1. The van der Waals surface area contributed by atoms with Crippen LogP contribution in [-0.4, -0.2) is 16.7 Å². The summed E-state index contributed by atoms with van der Waals surface area (Å²) in [6.45, 7) is 14.1. The number of hydrogen-bond acceptors (Lipinski definition) is 4. The largest absolute Gasteiger partial charge is 0.507 e. The fourth-order valence-electron chi connectivity index (χ4n) is 2.87. The highest BCUT2D eigenvalue weighted by Gasteiger charge is 2.19. The molecular formula is C21H28N2O2S. The van der Waals surface area contributed by atoms with Crippen LogP contribution < -0.4 is 5.43 Å². The van der Waals surface area contributed by atoms with Crippen LogP contribution in [0.3, 0.4) is 0 Å². The molecule has 4 nitrogen and oxygen atoms in total. The normalized spacial score (nSPS) is 12.1. The molecule has 0 unspecified atom stereocenters. The maximum Gasteiger partial charge on any atom is 0.275 e. The smallest absolute Gasteiger partial charge is 0.275 e. The van der Waals surface area contributed by atoms with Gasteiger partial charge in [0.05, 0.1) is 11.3 Å². The molecule has 1 amide bonds. The third-order valence-electron chi connectivity index (χ3n) is 4.45. The molecule has 5 heteroatoms. The molecule has 0 aliphatic heterocycles. The summed E-state index contributed by atoms with van der Waals surface area (Å²) in [7, 11) is 0. The highest BCUT2D eigenvalue weighted by atomic mass is 32.1. The van der Waals surface area contributed by atoms with Gasteiger partial charge in [-0.05, 0) is 55.9 Å². The first-order valence-electron chi connectivity index (χ1n) is 8.90. The van der Waals surface area contributed by atoms with Gasteiger partial charge in [0.2, 0.25) is 0 Å². The molecule has 1 aromatic heterocycles. The van der Waals surface area contributed by atoms with E-state index in [4.69, 9.17) is 0 Å². The minimum atomic E-state index is -0.393. The van der Waals surface area contributed by atoms with Crippen molar-refractivity contribution in [3.05, 3.63) is 50.2 Å². The zero-order valence-corrected chi connectivity index (χ0v) is 17.4. The SMILES string of the molecule is C/C(=N\NC(=O)c1cc(C(C)C)cc(C(C)C)c1O)c1cc(C)sc1C. The number of hydrazone groups is 1. The first-order chi connectivity index (χ1) is 12.1. The lowest BCUT2D eigenvalue weighted by molar-refractivity contribution is 0.0952. The van der Waals surface area contributed by atoms with Crippen LogP contribution in [0.25, 0.3) is 0 Å². The molecule has 0 atom stereocenters. The van der Waals surface area contributed by atoms with E-state index in [1.807, 2.05) is 33.8 Å². The van der Waals surface area contributed by atoms with Crippen LogP contribution in [0.4, 0.5) is 0 Å². The van der Waals surface area contributed by atoms with Gasteiger partial charge in [-0.2, -0.15) is 5.10 Å². The topological polar surface area (TPSA) is 61.7 Å². The molecule has 140 valence electrons. The monoisotopic (exact) mass is 372 g/mol. The Labute approximate surface area is 160 Å². The summed E-state index contributed by atoms with van der Waals surface area (Å²) in [6.07, 6.45) is 0. The molecule has 0 aliphatic carbocycles. The van der Waals surface area contributed by atoms with E-state index in [-0.39, 0.29) is 23.1 Å². The van der Waals surface area contributed by atoms with E-state index in [0.29, 0.717) is 0 Å². The van der Waals surface area contributed by atoms with Gasteiger partial charge in [0.15, 0.2) is 0 Å². The first kappa shape index (κ1) is 20.2. The Morgan fingerprint density at radius 1 is 1.08 bits per heavy atom. The Morgan fingerprint density at radius 3 is 2.23 bits per heavy atom. The molecular weight excluding hydrogens is 344 g/mol. The van der Waals surface area contributed by atoms with E-state index in [9.17, 15) is 9.90 Å². The number of phenolic OH excluding ortho intramolecular Hbond substituents is 1. The zero-order chi connectivity index (χ0) is 19.6. The molecule has 2 aromatic rings. The first-order valence-corrected chi connectivity index (χ1v) is 9.72. The summed E-state index contributed by atoms with van der Waals surface area (Å²) in [6, 6.07) is 5.80. The molecule has 0 radical (unpaired) electrons. The fraction of sp³-hybridized carbons (Fsp3) is 0.429. The Kier molecular flexibility index (Phi) is 6.24. The minimum Gasteiger partial charge on any atom is -0.507 e. The molecule has 0 saturated carbocycles. The lowest BCUT2D eigenvalue weighted by atomic mass is 9.92. The van der Waals surface area contributed by atoms with Crippen LogP contribution in [0.2, 0.25) is 0 Å². The molecule has 0 bridgehead atoms. The average Bonchev–Trinajstić information content (AvgIpc) is 2.90. The van der Waals surface area contributed by atoms with Crippen LogP contribution in [-0.2, 0) is 0 Å². The fourth-order valence-corrected chi connectivity index (χ4v) is 3.85. The molecule has 0 aliphatic rings. The van der Waals surface area contributed by atoms with Crippen molar-refractivity contribution in [3.8, 4) is 5.75 Å². The van der Waals surface area contributed by atoms with E-state index < -0.39 is 5.91 Å². The van der Waals surface area contributed by atoms with Crippen molar-refractivity contribution in [1.82, 2.24) is 5.43 Å². The van der Waals surface area contributed by atoms with Gasteiger partial charge in [-0.1, -0.05) is 33.8 Å². The highest BCUT2D eigenvalue weighted by Crippen LogP contribution is 2.33. The van der Waals surface area contributed by atoms with E-state index in [0.717, 1.165) is 22.4 Å². The maximum atomic E-state index is 12.7. The summed E-state index contributed by atoms with van der Waals surface area (Å²) >= 11 is 1.71. The molecule has 2 rings (SSSR count). The van der Waals surface area contributed by atoms with Gasteiger partial charge < -0.3 is 5.11 Å². The predicted molar refractivity (Wildman–Crippen MR) is 110 cm³/mol. The van der Waals surface area contributed by atoms with Gasteiger partial charge in [-0.25, -0.2) is 5.43 Å². The number of hydrogen-bond donors (Lipinski definition) is 2. The highest BCUT2D eigenvalue weighted by molar-refractivity contribution is 7.12.